The first-order valence-corrected chi connectivity index (χ1v) is 8.65. The number of aliphatic carboxylic acids is 1. The Morgan fingerprint density at radius 3 is 2.50 bits per heavy atom. The molecule has 5 heteroatoms. The number of benzene rings is 2. The van der Waals surface area contributed by atoms with Crippen LogP contribution in [0.5, 0.6) is 0 Å². The van der Waals surface area contributed by atoms with Gasteiger partial charge in [-0.3, -0.25) is 0 Å². The van der Waals surface area contributed by atoms with Crippen LogP contribution >= 0.6 is 0 Å². The summed E-state index contributed by atoms with van der Waals surface area (Å²) in [6, 6.07) is 13.2. The van der Waals surface area contributed by atoms with E-state index in [1.165, 1.54) is 22.3 Å². The first kappa shape index (κ1) is 18.0. The molecular weight excluding hydrogens is 330 g/mol. The predicted octanol–water partition coefficient (Wildman–Crippen LogP) is 3.78. The van der Waals surface area contributed by atoms with Crippen LogP contribution in [0.15, 0.2) is 42.5 Å². The van der Waals surface area contributed by atoms with Gasteiger partial charge < -0.3 is 15.2 Å². The molecule has 136 valence electrons. The van der Waals surface area contributed by atoms with Gasteiger partial charge in [-0.2, -0.15) is 0 Å². The van der Waals surface area contributed by atoms with Crippen molar-refractivity contribution in [3.8, 4) is 11.1 Å². The third-order valence-electron chi connectivity index (χ3n) is 4.29. The van der Waals surface area contributed by atoms with Gasteiger partial charge in [0.25, 0.3) is 0 Å². The smallest absolute Gasteiger partial charge is 0.408 e. The monoisotopic (exact) mass is 353 g/mol. The van der Waals surface area contributed by atoms with E-state index in [9.17, 15) is 14.7 Å². The van der Waals surface area contributed by atoms with Crippen molar-refractivity contribution >= 4 is 12.1 Å². The molecule has 0 radical (unpaired) electrons. The van der Waals surface area contributed by atoms with E-state index >= 15 is 0 Å². The molecule has 0 spiro atoms. The SMILES string of the molecule is CC(C)(C)OC(=O)N[C@@H](Cc1ccc2c(c1)Cc1ccccc1-2)C(=O)O. The maximum Gasteiger partial charge on any atom is 0.408 e. The van der Waals surface area contributed by atoms with Crippen molar-refractivity contribution in [3.63, 3.8) is 0 Å². The molecule has 0 bridgehead atoms. The van der Waals surface area contributed by atoms with Crippen LogP contribution in [0.25, 0.3) is 11.1 Å². The third kappa shape index (κ3) is 4.04. The third-order valence-corrected chi connectivity index (χ3v) is 4.29. The summed E-state index contributed by atoms with van der Waals surface area (Å²) in [6.07, 6.45) is 0.327. The van der Waals surface area contributed by atoms with Gasteiger partial charge in [0, 0.05) is 6.42 Å². The fourth-order valence-electron chi connectivity index (χ4n) is 3.21. The molecule has 2 aromatic rings. The van der Waals surface area contributed by atoms with E-state index in [0.29, 0.717) is 0 Å². The average molecular weight is 353 g/mol. The molecule has 0 aliphatic heterocycles. The van der Waals surface area contributed by atoms with E-state index < -0.39 is 23.7 Å². The molecule has 0 saturated heterocycles. The highest BCUT2D eigenvalue weighted by Gasteiger charge is 2.25. The fraction of sp³-hybridized carbons (Fsp3) is 0.333. The molecule has 2 aromatic carbocycles. The maximum atomic E-state index is 11.9. The van der Waals surface area contributed by atoms with Crippen molar-refractivity contribution in [2.75, 3.05) is 0 Å². The number of carboxylic acids is 1. The summed E-state index contributed by atoms with van der Waals surface area (Å²) in [7, 11) is 0. The molecule has 0 heterocycles. The van der Waals surface area contributed by atoms with Crippen molar-refractivity contribution in [3.05, 3.63) is 59.2 Å². The molecule has 5 nitrogen and oxygen atoms in total. The Morgan fingerprint density at radius 1 is 1.12 bits per heavy atom. The molecule has 2 N–H and O–H groups in total. The molecule has 1 atom stereocenters. The van der Waals surface area contributed by atoms with Crippen LogP contribution in [-0.4, -0.2) is 28.8 Å². The summed E-state index contributed by atoms with van der Waals surface area (Å²) in [5.74, 6) is -1.08. The van der Waals surface area contributed by atoms with Gasteiger partial charge in [-0.25, -0.2) is 9.59 Å². The number of hydrogen-bond acceptors (Lipinski definition) is 3. The molecule has 0 unspecified atom stereocenters. The summed E-state index contributed by atoms with van der Waals surface area (Å²) >= 11 is 0. The molecule has 3 rings (SSSR count). The summed E-state index contributed by atoms with van der Waals surface area (Å²) in [5, 5.41) is 11.9. The summed E-state index contributed by atoms with van der Waals surface area (Å²) in [5.41, 5.74) is 5.09. The zero-order chi connectivity index (χ0) is 18.9. The number of nitrogens with one attached hydrogen (secondary N) is 1. The van der Waals surface area contributed by atoms with E-state index in [1.807, 2.05) is 30.3 Å². The van der Waals surface area contributed by atoms with Gasteiger partial charge in [-0.05, 0) is 55.0 Å². The summed E-state index contributed by atoms with van der Waals surface area (Å²) in [6.45, 7) is 5.21. The van der Waals surface area contributed by atoms with Crippen LogP contribution in [0, 0.1) is 0 Å². The number of amides is 1. The van der Waals surface area contributed by atoms with Crippen LogP contribution in [0.3, 0.4) is 0 Å². The summed E-state index contributed by atoms with van der Waals surface area (Å²) < 4.78 is 5.16. The number of carboxylic acid groups (broad SMARTS) is 1. The van der Waals surface area contributed by atoms with Crippen molar-refractivity contribution < 1.29 is 19.4 Å². The van der Waals surface area contributed by atoms with Crippen molar-refractivity contribution in [2.45, 2.75) is 45.3 Å². The van der Waals surface area contributed by atoms with Crippen molar-refractivity contribution in [1.82, 2.24) is 5.32 Å². The second-order valence-corrected chi connectivity index (χ2v) is 7.57. The second kappa shape index (κ2) is 6.83. The minimum absolute atomic E-state index is 0.207. The average Bonchev–Trinajstić information content (AvgIpc) is 2.90. The Bertz CT molecular complexity index is 851. The van der Waals surface area contributed by atoms with Gasteiger partial charge in [0.2, 0.25) is 0 Å². The van der Waals surface area contributed by atoms with Gasteiger partial charge in [0.1, 0.15) is 11.6 Å². The quantitative estimate of drug-likeness (QED) is 0.748. The fourth-order valence-corrected chi connectivity index (χ4v) is 3.21. The molecule has 26 heavy (non-hydrogen) atoms. The van der Waals surface area contributed by atoms with Crippen molar-refractivity contribution in [1.29, 1.82) is 0 Å². The molecule has 1 aliphatic carbocycles. The standard InChI is InChI=1S/C21H23NO4/c1-21(2,3)26-20(25)22-18(19(23)24)11-13-8-9-17-15(10-13)12-14-6-4-5-7-16(14)17/h4-10,18H,11-12H2,1-3H3,(H,22,25)(H,23,24)/t18-/m0/s1. The number of alkyl carbamates (subject to hydrolysis) is 1. The van der Waals surface area contributed by atoms with E-state index in [2.05, 4.69) is 17.4 Å². The molecule has 0 aromatic heterocycles. The molecule has 1 amide bonds. The highest BCUT2D eigenvalue weighted by Crippen LogP contribution is 2.36. The van der Waals surface area contributed by atoms with Crippen molar-refractivity contribution in [2.24, 2.45) is 0 Å². The van der Waals surface area contributed by atoms with Crippen LogP contribution in [0.4, 0.5) is 4.79 Å². The Morgan fingerprint density at radius 2 is 1.81 bits per heavy atom. The zero-order valence-corrected chi connectivity index (χ0v) is 15.2. The molecule has 0 saturated carbocycles. The number of ether oxygens (including phenoxy) is 1. The van der Waals surface area contributed by atoms with Gasteiger partial charge >= 0.3 is 12.1 Å². The molecule has 0 fully saturated rings. The van der Waals surface area contributed by atoms with Crippen LogP contribution in [0.2, 0.25) is 0 Å². The lowest BCUT2D eigenvalue weighted by atomic mass is 9.99. The highest BCUT2D eigenvalue weighted by atomic mass is 16.6. The van der Waals surface area contributed by atoms with E-state index in [4.69, 9.17) is 4.74 Å². The topological polar surface area (TPSA) is 75.6 Å². The lowest BCUT2D eigenvalue weighted by Crippen LogP contribution is -2.44. The lowest BCUT2D eigenvalue weighted by Gasteiger charge is -2.22. The van der Waals surface area contributed by atoms with Crippen LogP contribution in [0.1, 0.15) is 37.5 Å². The van der Waals surface area contributed by atoms with Crippen LogP contribution in [-0.2, 0) is 22.4 Å². The first-order valence-electron chi connectivity index (χ1n) is 8.65. The normalized spacial score (nSPS) is 13.5. The Kier molecular flexibility index (Phi) is 4.72. The highest BCUT2D eigenvalue weighted by molar-refractivity contribution is 5.81. The number of rotatable bonds is 4. The van der Waals surface area contributed by atoms with E-state index in [1.54, 1.807) is 20.8 Å². The molecule has 1 aliphatic rings. The first-order chi connectivity index (χ1) is 12.2. The summed E-state index contributed by atoms with van der Waals surface area (Å²) in [4.78, 5) is 23.5. The predicted molar refractivity (Wildman–Crippen MR) is 99.2 cm³/mol. The number of carbonyl (C=O) groups excluding carboxylic acids is 1. The van der Waals surface area contributed by atoms with Gasteiger partial charge in [-0.1, -0.05) is 42.5 Å². The Labute approximate surface area is 153 Å². The maximum absolute atomic E-state index is 11.9. The second-order valence-electron chi connectivity index (χ2n) is 7.57. The van der Waals surface area contributed by atoms with Gasteiger partial charge in [-0.15, -0.1) is 0 Å². The minimum atomic E-state index is -1.08. The molecular formula is C21H23NO4. The number of hydrogen-bond donors (Lipinski definition) is 2. The van der Waals surface area contributed by atoms with Gasteiger partial charge in [0.05, 0.1) is 0 Å². The minimum Gasteiger partial charge on any atom is -0.480 e. The Hall–Kier alpha value is -2.82. The number of fused-ring (bicyclic) bond motifs is 3. The zero-order valence-electron chi connectivity index (χ0n) is 15.2. The van der Waals surface area contributed by atoms with E-state index in [0.717, 1.165) is 12.0 Å². The lowest BCUT2D eigenvalue weighted by molar-refractivity contribution is -0.139. The largest absolute Gasteiger partial charge is 0.480 e. The van der Waals surface area contributed by atoms with Gasteiger partial charge in [0.15, 0.2) is 0 Å². The Balaban J connectivity index is 1.74. The number of carbonyl (C=O) groups is 2. The van der Waals surface area contributed by atoms with Crippen LogP contribution < -0.4 is 5.32 Å². The van der Waals surface area contributed by atoms with E-state index in [-0.39, 0.29) is 6.42 Å².